The van der Waals surface area contributed by atoms with Gasteiger partial charge in [-0.05, 0) is 31.4 Å². The summed E-state index contributed by atoms with van der Waals surface area (Å²) in [6.07, 6.45) is 7.47. The van der Waals surface area contributed by atoms with Crippen molar-refractivity contribution in [1.82, 2.24) is 0 Å². The van der Waals surface area contributed by atoms with Crippen molar-refractivity contribution in [2.75, 3.05) is 5.75 Å². The van der Waals surface area contributed by atoms with E-state index in [0.717, 1.165) is 5.25 Å². The standard InChI is InChI=1S/C8H14S/c1-2-3-5-8-6-4-7-9-8/h2,8H,1,3-7H2/t8-/m0/s1. The fraction of sp³-hybridized carbons (Fsp3) is 0.750. The SMILES string of the molecule is C=CCC[C@H]1CCCS1. The Labute approximate surface area is 61.7 Å². The van der Waals surface area contributed by atoms with Crippen LogP contribution in [0.2, 0.25) is 0 Å². The minimum Gasteiger partial charge on any atom is -0.159 e. The van der Waals surface area contributed by atoms with E-state index in [0.29, 0.717) is 0 Å². The number of hydrogen-bond donors (Lipinski definition) is 0. The Morgan fingerprint density at radius 3 is 3.11 bits per heavy atom. The lowest BCUT2D eigenvalue weighted by Crippen LogP contribution is -1.93. The highest BCUT2D eigenvalue weighted by molar-refractivity contribution is 8.00. The summed E-state index contributed by atoms with van der Waals surface area (Å²) in [7, 11) is 0. The molecule has 9 heavy (non-hydrogen) atoms. The van der Waals surface area contributed by atoms with Gasteiger partial charge in [0.05, 0.1) is 0 Å². The van der Waals surface area contributed by atoms with Crippen LogP contribution in [0, 0.1) is 0 Å². The van der Waals surface area contributed by atoms with Gasteiger partial charge < -0.3 is 0 Å². The molecular formula is C8H14S. The first-order valence-electron chi connectivity index (χ1n) is 3.66. The molecule has 0 N–H and O–H groups in total. The van der Waals surface area contributed by atoms with Crippen LogP contribution in [0.15, 0.2) is 12.7 Å². The predicted molar refractivity (Wildman–Crippen MR) is 44.9 cm³/mol. The summed E-state index contributed by atoms with van der Waals surface area (Å²) in [4.78, 5) is 0. The van der Waals surface area contributed by atoms with E-state index in [2.05, 4.69) is 18.3 Å². The highest BCUT2D eigenvalue weighted by atomic mass is 32.2. The van der Waals surface area contributed by atoms with Gasteiger partial charge in [-0.15, -0.1) is 6.58 Å². The van der Waals surface area contributed by atoms with E-state index in [1.165, 1.54) is 31.4 Å². The van der Waals surface area contributed by atoms with Crippen molar-refractivity contribution < 1.29 is 0 Å². The molecule has 1 heterocycles. The van der Waals surface area contributed by atoms with E-state index >= 15 is 0 Å². The molecule has 1 heteroatoms. The van der Waals surface area contributed by atoms with Crippen LogP contribution in [-0.2, 0) is 0 Å². The van der Waals surface area contributed by atoms with Crippen molar-refractivity contribution in [2.45, 2.75) is 30.9 Å². The number of rotatable bonds is 3. The predicted octanol–water partition coefficient (Wildman–Crippen LogP) is 2.85. The lowest BCUT2D eigenvalue weighted by atomic mass is 10.1. The summed E-state index contributed by atoms with van der Waals surface area (Å²) in [5.41, 5.74) is 0. The molecule has 1 rings (SSSR count). The molecule has 1 aliphatic rings. The number of allylic oxidation sites excluding steroid dienone is 1. The van der Waals surface area contributed by atoms with Gasteiger partial charge in [-0.2, -0.15) is 11.8 Å². The molecule has 52 valence electrons. The van der Waals surface area contributed by atoms with Gasteiger partial charge in [-0.1, -0.05) is 6.08 Å². The smallest absolute Gasteiger partial charge is 0.00502 e. The largest absolute Gasteiger partial charge is 0.159 e. The van der Waals surface area contributed by atoms with Gasteiger partial charge in [0.2, 0.25) is 0 Å². The Morgan fingerprint density at radius 2 is 2.56 bits per heavy atom. The fourth-order valence-corrected chi connectivity index (χ4v) is 2.48. The molecule has 0 aromatic carbocycles. The summed E-state index contributed by atoms with van der Waals surface area (Å²) in [5.74, 6) is 1.39. The molecular weight excluding hydrogens is 128 g/mol. The second-order valence-corrected chi connectivity index (χ2v) is 3.91. The third-order valence-electron chi connectivity index (χ3n) is 1.72. The first kappa shape index (κ1) is 7.20. The van der Waals surface area contributed by atoms with Crippen molar-refractivity contribution in [3.8, 4) is 0 Å². The summed E-state index contributed by atoms with van der Waals surface area (Å²) in [6.45, 7) is 3.71. The van der Waals surface area contributed by atoms with Gasteiger partial charge in [0.15, 0.2) is 0 Å². The van der Waals surface area contributed by atoms with Gasteiger partial charge in [-0.3, -0.25) is 0 Å². The van der Waals surface area contributed by atoms with Crippen LogP contribution in [0.1, 0.15) is 25.7 Å². The normalized spacial score (nSPS) is 26.4. The third kappa shape index (κ3) is 2.44. The first-order valence-corrected chi connectivity index (χ1v) is 4.71. The maximum Gasteiger partial charge on any atom is 0.00502 e. The number of thioether (sulfide) groups is 1. The second-order valence-electron chi connectivity index (χ2n) is 2.50. The molecule has 1 saturated heterocycles. The minimum atomic E-state index is 0.961. The zero-order valence-electron chi connectivity index (χ0n) is 5.81. The van der Waals surface area contributed by atoms with Crippen molar-refractivity contribution in [2.24, 2.45) is 0 Å². The molecule has 0 spiro atoms. The van der Waals surface area contributed by atoms with E-state index in [1.54, 1.807) is 0 Å². The van der Waals surface area contributed by atoms with Crippen molar-refractivity contribution >= 4 is 11.8 Å². The van der Waals surface area contributed by atoms with E-state index in [4.69, 9.17) is 0 Å². The average Bonchev–Trinajstić information content (AvgIpc) is 2.34. The van der Waals surface area contributed by atoms with Crippen molar-refractivity contribution in [3.05, 3.63) is 12.7 Å². The lowest BCUT2D eigenvalue weighted by Gasteiger charge is -2.03. The van der Waals surface area contributed by atoms with E-state index < -0.39 is 0 Å². The monoisotopic (exact) mass is 142 g/mol. The molecule has 0 bridgehead atoms. The van der Waals surface area contributed by atoms with Crippen LogP contribution in [0.4, 0.5) is 0 Å². The minimum absolute atomic E-state index is 0.961. The fourth-order valence-electron chi connectivity index (χ4n) is 1.18. The van der Waals surface area contributed by atoms with Gasteiger partial charge in [0.1, 0.15) is 0 Å². The maximum absolute atomic E-state index is 3.71. The maximum atomic E-state index is 3.71. The van der Waals surface area contributed by atoms with E-state index in [-0.39, 0.29) is 0 Å². The Balaban J connectivity index is 2.04. The van der Waals surface area contributed by atoms with Gasteiger partial charge in [0, 0.05) is 5.25 Å². The van der Waals surface area contributed by atoms with Crippen LogP contribution in [0.3, 0.4) is 0 Å². The molecule has 0 aromatic rings. The summed E-state index contributed by atoms with van der Waals surface area (Å²) >= 11 is 2.13. The third-order valence-corrected chi connectivity index (χ3v) is 3.18. The van der Waals surface area contributed by atoms with Gasteiger partial charge in [0.25, 0.3) is 0 Å². The lowest BCUT2D eigenvalue weighted by molar-refractivity contribution is 0.726. The first-order chi connectivity index (χ1) is 4.43. The molecule has 0 amide bonds. The number of hydrogen-bond acceptors (Lipinski definition) is 1. The molecule has 0 aliphatic carbocycles. The van der Waals surface area contributed by atoms with Crippen LogP contribution in [0.5, 0.6) is 0 Å². The van der Waals surface area contributed by atoms with Crippen molar-refractivity contribution in [3.63, 3.8) is 0 Å². The summed E-state index contributed by atoms with van der Waals surface area (Å²) < 4.78 is 0. The zero-order valence-corrected chi connectivity index (χ0v) is 6.62. The highest BCUT2D eigenvalue weighted by Gasteiger charge is 2.13. The van der Waals surface area contributed by atoms with Crippen molar-refractivity contribution in [1.29, 1.82) is 0 Å². The highest BCUT2D eigenvalue weighted by Crippen LogP contribution is 2.29. The molecule has 0 radical (unpaired) electrons. The van der Waals surface area contributed by atoms with Crippen LogP contribution >= 0.6 is 11.8 Å². The second kappa shape index (κ2) is 3.99. The zero-order chi connectivity index (χ0) is 6.53. The molecule has 1 aliphatic heterocycles. The average molecular weight is 142 g/mol. The molecule has 0 unspecified atom stereocenters. The molecule has 0 saturated carbocycles. The molecule has 1 atom stereocenters. The van der Waals surface area contributed by atoms with E-state index in [9.17, 15) is 0 Å². The summed E-state index contributed by atoms with van der Waals surface area (Å²) in [6, 6.07) is 0. The van der Waals surface area contributed by atoms with Gasteiger partial charge in [-0.25, -0.2) is 0 Å². The van der Waals surface area contributed by atoms with Crippen LogP contribution in [-0.4, -0.2) is 11.0 Å². The Kier molecular flexibility index (Phi) is 3.20. The molecule has 0 nitrogen and oxygen atoms in total. The van der Waals surface area contributed by atoms with Crippen LogP contribution in [0.25, 0.3) is 0 Å². The van der Waals surface area contributed by atoms with E-state index in [1.807, 2.05) is 6.08 Å². The quantitative estimate of drug-likeness (QED) is 0.546. The molecule has 1 fully saturated rings. The van der Waals surface area contributed by atoms with Crippen LogP contribution < -0.4 is 0 Å². The topological polar surface area (TPSA) is 0 Å². The summed E-state index contributed by atoms with van der Waals surface area (Å²) in [5, 5.41) is 0.961. The Hall–Kier alpha value is 0.0900. The van der Waals surface area contributed by atoms with Gasteiger partial charge >= 0.3 is 0 Å². The Bertz CT molecular complexity index is 82.6. The Morgan fingerprint density at radius 1 is 1.67 bits per heavy atom. The molecule has 0 aromatic heterocycles.